The normalized spacial score (nSPS) is 12.5. The molecule has 3 rings (SSSR count). The van der Waals surface area contributed by atoms with Gasteiger partial charge in [0.1, 0.15) is 12.6 Å². The second kappa shape index (κ2) is 12.9. The molecule has 2 amide bonds. The molecule has 0 aromatic heterocycles. The molecule has 0 saturated heterocycles. The Kier molecular flexibility index (Phi) is 10.3. The Labute approximate surface area is 254 Å². The number of sulfonamides is 1. The molecule has 0 bridgehead atoms. The number of halogens is 3. The van der Waals surface area contributed by atoms with Crippen LogP contribution in [0.4, 0.5) is 5.69 Å². The largest absolute Gasteiger partial charge is 0.350 e. The van der Waals surface area contributed by atoms with Gasteiger partial charge in [0, 0.05) is 26.6 Å². The predicted molar refractivity (Wildman–Crippen MR) is 164 cm³/mol. The van der Waals surface area contributed by atoms with Crippen LogP contribution in [0.5, 0.6) is 0 Å². The molecule has 1 unspecified atom stereocenters. The van der Waals surface area contributed by atoms with E-state index in [-0.39, 0.29) is 17.3 Å². The first kappa shape index (κ1) is 31.9. The number of hydrogen-bond donors (Lipinski definition) is 1. The summed E-state index contributed by atoms with van der Waals surface area (Å²) >= 11 is 15.8. The monoisotopic (exact) mass is 667 g/mol. The van der Waals surface area contributed by atoms with Crippen LogP contribution in [-0.4, -0.2) is 43.3 Å². The quantitative estimate of drug-likeness (QED) is 0.279. The predicted octanol–water partition coefficient (Wildman–Crippen LogP) is 6.59. The fourth-order valence-electron chi connectivity index (χ4n) is 3.86. The van der Waals surface area contributed by atoms with Crippen LogP contribution < -0.4 is 9.62 Å². The molecular weight excluding hydrogens is 637 g/mol. The van der Waals surface area contributed by atoms with Crippen LogP contribution >= 0.6 is 39.1 Å². The van der Waals surface area contributed by atoms with E-state index in [2.05, 4.69) is 21.2 Å². The topological polar surface area (TPSA) is 86.8 Å². The van der Waals surface area contributed by atoms with Crippen LogP contribution in [0, 0.1) is 6.92 Å². The molecule has 214 valence electrons. The third-order valence-electron chi connectivity index (χ3n) is 6.02. The number of amides is 2. The van der Waals surface area contributed by atoms with Crippen molar-refractivity contribution in [3.63, 3.8) is 0 Å². The molecule has 0 aliphatic carbocycles. The highest BCUT2D eigenvalue weighted by atomic mass is 79.9. The molecule has 0 heterocycles. The third kappa shape index (κ3) is 8.22. The van der Waals surface area contributed by atoms with Crippen molar-refractivity contribution in [2.75, 3.05) is 10.8 Å². The van der Waals surface area contributed by atoms with E-state index >= 15 is 0 Å². The van der Waals surface area contributed by atoms with Crippen molar-refractivity contribution in [1.29, 1.82) is 0 Å². The van der Waals surface area contributed by atoms with Crippen molar-refractivity contribution >= 4 is 66.7 Å². The molecular formula is C29H32BrCl2N3O4S. The molecule has 7 nitrogen and oxygen atoms in total. The molecule has 0 aliphatic heterocycles. The van der Waals surface area contributed by atoms with Crippen LogP contribution in [-0.2, 0) is 26.2 Å². The zero-order valence-corrected chi connectivity index (χ0v) is 26.8. The minimum Gasteiger partial charge on any atom is -0.350 e. The van der Waals surface area contributed by atoms with Crippen molar-refractivity contribution in [3.05, 3.63) is 92.4 Å². The molecule has 0 fully saturated rings. The van der Waals surface area contributed by atoms with E-state index in [1.165, 1.54) is 17.0 Å². The number of carbonyl (C=O) groups is 2. The van der Waals surface area contributed by atoms with E-state index in [0.29, 0.717) is 21.3 Å². The molecule has 0 saturated carbocycles. The van der Waals surface area contributed by atoms with E-state index in [9.17, 15) is 18.0 Å². The van der Waals surface area contributed by atoms with Crippen LogP contribution in [0.1, 0.15) is 38.8 Å². The lowest BCUT2D eigenvalue weighted by Gasteiger charge is -2.33. The van der Waals surface area contributed by atoms with Gasteiger partial charge in [-0.1, -0.05) is 62.9 Å². The highest BCUT2D eigenvalue weighted by molar-refractivity contribution is 9.10. The average molecular weight is 669 g/mol. The number of benzene rings is 3. The highest BCUT2D eigenvalue weighted by Gasteiger charge is 2.33. The van der Waals surface area contributed by atoms with Gasteiger partial charge in [-0.05, 0) is 88.7 Å². The second-order valence-electron chi connectivity index (χ2n) is 10.5. The van der Waals surface area contributed by atoms with Gasteiger partial charge in [0.05, 0.1) is 10.6 Å². The van der Waals surface area contributed by atoms with E-state index in [4.69, 9.17) is 23.2 Å². The first-order valence-corrected chi connectivity index (χ1v) is 15.5. The van der Waals surface area contributed by atoms with Gasteiger partial charge in [0.2, 0.25) is 11.8 Å². The van der Waals surface area contributed by atoms with Gasteiger partial charge in [0.15, 0.2) is 0 Å². The van der Waals surface area contributed by atoms with Crippen LogP contribution in [0.25, 0.3) is 0 Å². The van der Waals surface area contributed by atoms with Gasteiger partial charge in [-0.25, -0.2) is 8.42 Å². The number of aryl methyl sites for hydroxylation is 1. The number of hydrogen-bond acceptors (Lipinski definition) is 4. The third-order valence-corrected chi connectivity index (χ3v) is 8.93. The Morgan fingerprint density at radius 2 is 1.57 bits per heavy atom. The van der Waals surface area contributed by atoms with Crippen molar-refractivity contribution in [3.8, 4) is 0 Å². The summed E-state index contributed by atoms with van der Waals surface area (Å²) in [5.74, 6) is -0.969. The Morgan fingerprint density at radius 3 is 2.12 bits per heavy atom. The van der Waals surface area contributed by atoms with Crippen LogP contribution in [0.3, 0.4) is 0 Å². The standard InChI is InChI=1S/C29H32BrCl2N3O4S/c1-19-6-14-25(15-7-19)40(38,39)35(24-12-9-22(30)10-13-24)18-27(36)34(20(2)28(37)33-29(3,4)5)17-21-8-11-23(31)16-26(21)32/h6-16,20H,17-18H2,1-5H3,(H,33,37). The number of rotatable bonds is 9. The van der Waals surface area contributed by atoms with Crippen molar-refractivity contribution in [2.24, 2.45) is 0 Å². The summed E-state index contributed by atoms with van der Waals surface area (Å²) in [6, 6.07) is 16.9. The Bertz CT molecular complexity index is 1470. The van der Waals surface area contributed by atoms with Crippen LogP contribution in [0.2, 0.25) is 10.0 Å². The Hall–Kier alpha value is -2.59. The maximum Gasteiger partial charge on any atom is 0.264 e. The SMILES string of the molecule is Cc1ccc(S(=O)(=O)N(CC(=O)N(Cc2ccc(Cl)cc2Cl)C(C)C(=O)NC(C)(C)C)c2ccc(Br)cc2)cc1. The molecule has 1 N–H and O–H groups in total. The number of nitrogens with one attached hydrogen (secondary N) is 1. The lowest BCUT2D eigenvalue weighted by molar-refractivity contribution is -0.140. The molecule has 0 aliphatic rings. The van der Waals surface area contributed by atoms with Crippen molar-refractivity contribution in [2.45, 2.75) is 57.6 Å². The summed E-state index contributed by atoms with van der Waals surface area (Å²) in [5, 5.41) is 3.64. The maximum absolute atomic E-state index is 14.0. The zero-order valence-electron chi connectivity index (χ0n) is 22.9. The van der Waals surface area contributed by atoms with E-state index in [1.807, 2.05) is 27.7 Å². The zero-order chi connectivity index (χ0) is 29.8. The van der Waals surface area contributed by atoms with Gasteiger partial charge in [-0.2, -0.15) is 0 Å². The average Bonchev–Trinajstić information content (AvgIpc) is 2.86. The second-order valence-corrected chi connectivity index (χ2v) is 14.1. The number of carbonyl (C=O) groups excluding carboxylic acids is 2. The minimum absolute atomic E-state index is 0.0354. The van der Waals surface area contributed by atoms with Gasteiger partial charge in [-0.3, -0.25) is 13.9 Å². The lowest BCUT2D eigenvalue weighted by Crippen LogP contribution is -2.54. The van der Waals surface area contributed by atoms with Crippen molar-refractivity contribution in [1.82, 2.24) is 10.2 Å². The molecule has 3 aromatic carbocycles. The molecule has 1 atom stereocenters. The summed E-state index contributed by atoms with van der Waals surface area (Å²) in [6.07, 6.45) is 0. The van der Waals surface area contributed by atoms with Crippen LogP contribution in [0.15, 0.2) is 76.1 Å². The maximum atomic E-state index is 14.0. The van der Waals surface area contributed by atoms with Crippen molar-refractivity contribution < 1.29 is 18.0 Å². The minimum atomic E-state index is -4.15. The van der Waals surface area contributed by atoms with Gasteiger partial charge >= 0.3 is 0 Å². The highest BCUT2D eigenvalue weighted by Crippen LogP contribution is 2.27. The summed E-state index contributed by atoms with van der Waals surface area (Å²) in [4.78, 5) is 28.5. The smallest absolute Gasteiger partial charge is 0.264 e. The van der Waals surface area contributed by atoms with E-state index < -0.39 is 34.1 Å². The number of anilines is 1. The fourth-order valence-corrected chi connectivity index (χ4v) is 6.01. The van der Waals surface area contributed by atoms with E-state index in [1.54, 1.807) is 61.5 Å². The molecule has 0 spiro atoms. The summed E-state index contributed by atoms with van der Waals surface area (Å²) in [6.45, 7) is 8.38. The van der Waals surface area contributed by atoms with E-state index in [0.717, 1.165) is 14.3 Å². The summed E-state index contributed by atoms with van der Waals surface area (Å²) in [5.41, 5.74) is 1.21. The number of nitrogens with zero attached hydrogens (tertiary/aromatic N) is 2. The van der Waals surface area contributed by atoms with Gasteiger partial charge in [-0.15, -0.1) is 0 Å². The Balaban J connectivity index is 2.05. The molecule has 3 aromatic rings. The summed E-state index contributed by atoms with van der Waals surface area (Å²) in [7, 11) is -4.15. The Morgan fingerprint density at radius 1 is 0.975 bits per heavy atom. The summed E-state index contributed by atoms with van der Waals surface area (Å²) < 4.78 is 29.5. The molecule has 11 heteroatoms. The van der Waals surface area contributed by atoms with Gasteiger partial charge in [0.25, 0.3) is 10.0 Å². The lowest BCUT2D eigenvalue weighted by atomic mass is 10.1. The molecule has 40 heavy (non-hydrogen) atoms. The van der Waals surface area contributed by atoms with Gasteiger partial charge < -0.3 is 10.2 Å². The first-order chi connectivity index (χ1) is 18.6. The molecule has 0 radical (unpaired) electrons. The fraction of sp³-hybridized carbons (Fsp3) is 0.310. The first-order valence-electron chi connectivity index (χ1n) is 12.5.